The van der Waals surface area contributed by atoms with Gasteiger partial charge >= 0.3 is 0 Å². The van der Waals surface area contributed by atoms with Crippen LogP contribution in [0, 0.1) is 5.92 Å². The topological polar surface area (TPSA) is 115 Å². The van der Waals surface area contributed by atoms with E-state index in [1.54, 1.807) is 53.4 Å². The van der Waals surface area contributed by atoms with Gasteiger partial charge in [-0.3, -0.25) is 23.7 Å². The van der Waals surface area contributed by atoms with Gasteiger partial charge in [-0.15, -0.1) is 6.58 Å². The molecule has 0 bridgehead atoms. The van der Waals surface area contributed by atoms with Crippen molar-refractivity contribution in [1.29, 1.82) is 0 Å². The molecular weight excluding hydrogens is 500 g/mol. The summed E-state index contributed by atoms with van der Waals surface area (Å²) in [5.74, 6) is -0.800. The minimum Gasteiger partial charge on any atom is -0.369 e. The zero-order valence-corrected chi connectivity index (χ0v) is 21.1. The van der Waals surface area contributed by atoms with Crippen LogP contribution in [0.15, 0.2) is 65.1 Å². The summed E-state index contributed by atoms with van der Waals surface area (Å²) in [4.78, 5) is 56.7. The van der Waals surface area contributed by atoms with E-state index >= 15 is 0 Å². The molecule has 1 aliphatic rings. The van der Waals surface area contributed by atoms with Crippen molar-refractivity contribution in [3.8, 4) is 0 Å². The first-order valence-electron chi connectivity index (χ1n) is 11.4. The molecule has 186 valence electrons. The van der Waals surface area contributed by atoms with Gasteiger partial charge in [-0.1, -0.05) is 29.4 Å². The SMILES string of the molecule is C=CCn1c(SCC(=O)c2ccc(Cl)cc2)nc2cc(C(=O)N3CCC(C(N)=O)CC3)ccc2c1=O. The van der Waals surface area contributed by atoms with Crippen LogP contribution < -0.4 is 11.3 Å². The lowest BCUT2D eigenvalue weighted by Crippen LogP contribution is -2.41. The summed E-state index contributed by atoms with van der Waals surface area (Å²) >= 11 is 7.05. The van der Waals surface area contributed by atoms with E-state index in [1.165, 1.54) is 4.57 Å². The number of ketones is 1. The molecule has 2 heterocycles. The molecule has 2 amide bonds. The van der Waals surface area contributed by atoms with Crippen molar-refractivity contribution < 1.29 is 14.4 Å². The zero-order valence-electron chi connectivity index (χ0n) is 19.5. The predicted molar refractivity (Wildman–Crippen MR) is 141 cm³/mol. The second-order valence-corrected chi connectivity index (χ2v) is 9.90. The fraction of sp³-hybridized carbons (Fsp3) is 0.269. The highest BCUT2D eigenvalue weighted by Crippen LogP contribution is 2.23. The van der Waals surface area contributed by atoms with Crippen molar-refractivity contribution in [2.75, 3.05) is 18.8 Å². The number of nitrogens with two attached hydrogens (primary N) is 1. The van der Waals surface area contributed by atoms with Crippen LogP contribution in [-0.4, -0.2) is 50.9 Å². The van der Waals surface area contributed by atoms with E-state index in [1.807, 2.05) is 0 Å². The maximum absolute atomic E-state index is 13.2. The highest BCUT2D eigenvalue weighted by molar-refractivity contribution is 7.99. The first-order chi connectivity index (χ1) is 17.3. The number of Topliss-reactive ketones (excluding diaryl/α,β-unsaturated/α-hetero) is 1. The minimum atomic E-state index is -0.340. The molecule has 2 N–H and O–H groups in total. The number of benzene rings is 2. The normalized spacial score (nSPS) is 14.1. The van der Waals surface area contributed by atoms with E-state index in [-0.39, 0.29) is 41.4 Å². The van der Waals surface area contributed by atoms with Crippen molar-refractivity contribution in [3.05, 3.63) is 81.6 Å². The molecule has 8 nitrogen and oxygen atoms in total. The molecule has 36 heavy (non-hydrogen) atoms. The summed E-state index contributed by atoms with van der Waals surface area (Å²) in [6, 6.07) is 11.4. The number of carbonyl (C=O) groups is 3. The van der Waals surface area contributed by atoms with Crippen molar-refractivity contribution >= 4 is 51.9 Å². The van der Waals surface area contributed by atoms with Gasteiger partial charge < -0.3 is 10.6 Å². The number of likely N-dealkylation sites (tertiary alicyclic amines) is 1. The fourth-order valence-corrected chi connectivity index (χ4v) is 5.16. The molecule has 1 saturated heterocycles. The number of primary amides is 1. The van der Waals surface area contributed by atoms with Crippen LogP contribution in [0.25, 0.3) is 10.9 Å². The van der Waals surface area contributed by atoms with Crippen LogP contribution in [-0.2, 0) is 11.3 Å². The van der Waals surface area contributed by atoms with E-state index in [4.69, 9.17) is 17.3 Å². The van der Waals surface area contributed by atoms with E-state index in [0.717, 1.165) is 11.8 Å². The predicted octanol–water partition coefficient (Wildman–Crippen LogP) is 3.55. The number of halogens is 1. The second kappa shape index (κ2) is 11.1. The number of hydrogen-bond donors (Lipinski definition) is 1. The molecule has 4 rings (SSSR count). The number of hydrogen-bond acceptors (Lipinski definition) is 6. The lowest BCUT2D eigenvalue weighted by Gasteiger charge is -2.30. The molecule has 0 radical (unpaired) electrons. The molecule has 10 heteroatoms. The van der Waals surface area contributed by atoms with Crippen LogP contribution >= 0.6 is 23.4 Å². The molecule has 1 fully saturated rings. The highest BCUT2D eigenvalue weighted by Gasteiger charge is 2.27. The second-order valence-electron chi connectivity index (χ2n) is 8.52. The maximum Gasteiger partial charge on any atom is 0.262 e. The number of carbonyl (C=O) groups excluding carboxylic acids is 3. The summed E-state index contributed by atoms with van der Waals surface area (Å²) in [7, 11) is 0. The number of nitrogens with zero attached hydrogens (tertiary/aromatic N) is 3. The van der Waals surface area contributed by atoms with Crippen LogP contribution in [0.3, 0.4) is 0 Å². The third-order valence-electron chi connectivity index (χ3n) is 6.16. The highest BCUT2D eigenvalue weighted by atomic mass is 35.5. The number of allylic oxidation sites excluding steroid dienone is 1. The van der Waals surface area contributed by atoms with Gasteiger partial charge in [0.25, 0.3) is 11.5 Å². The Hall–Kier alpha value is -3.43. The first kappa shape index (κ1) is 25.7. The van der Waals surface area contributed by atoms with Gasteiger partial charge in [-0.05, 0) is 55.3 Å². The largest absolute Gasteiger partial charge is 0.369 e. The molecule has 1 aromatic heterocycles. The van der Waals surface area contributed by atoms with E-state index in [9.17, 15) is 19.2 Å². The summed E-state index contributed by atoms with van der Waals surface area (Å²) < 4.78 is 1.46. The molecular formula is C26H25ClN4O4S. The Labute approximate surface area is 217 Å². The number of fused-ring (bicyclic) bond motifs is 1. The molecule has 0 aliphatic carbocycles. The van der Waals surface area contributed by atoms with Crippen molar-refractivity contribution in [1.82, 2.24) is 14.5 Å². The third kappa shape index (κ3) is 5.52. The molecule has 0 unspecified atom stereocenters. The van der Waals surface area contributed by atoms with Gasteiger partial charge in [-0.2, -0.15) is 0 Å². The van der Waals surface area contributed by atoms with E-state index < -0.39 is 0 Å². The number of thioether (sulfide) groups is 1. The van der Waals surface area contributed by atoms with Gasteiger partial charge in [-0.25, -0.2) is 4.98 Å². The Kier molecular flexibility index (Phi) is 7.91. The molecule has 3 aromatic rings. The average molecular weight is 525 g/mol. The lowest BCUT2D eigenvalue weighted by molar-refractivity contribution is -0.123. The van der Waals surface area contributed by atoms with Crippen LogP contribution in [0.1, 0.15) is 33.6 Å². The van der Waals surface area contributed by atoms with Gasteiger partial charge in [0.05, 0.1) is 16.7 Å². The number of rotatable bonds is 8. The number of aromatic nitrogens is 2. The molecule has 0 saturated carbocycles. The zero-order chi connectivity index (χ0) is 25.8. The van der Waals surface area contributed by atoms with Gasteiger partial charge in [0.15, 0.2) is 10.9 Å². The average Bonchev–Trinajstić information content (AvgIpc) is 2.89. The summed E-state index contributed by atoms with van der Waals surface area (Å²) in [6.07, 6.45) is 2.65. The van der Waals surface area contributed by atoms with Gasteiger partial charge in [0, 0.05) is 41.7 Å². The molecule has 0 atom stereocenters. The fourth-order valence-electron chi connectivity index (χ4n) is 4.13. The standard InChI is InChI=1S/C26H25ClN4O4S/c1-2-11-31-25(35)20-8-5-18(24(34)30-12-9-17(10-13-30)23(28)33)14-21(20)29-26(31)36-15-22(32)16-3-6-19(27)7-4-16/h2-8,14,17H,1,9-13,15H2,(H2,28,33). The van der Waals surface area contributed by atoms with Crippen LogP contribution in [0.4, 0.5) is 0 Å². The monoisotopic (exact) mass is 524 g/mol. The van der Waals surface area contributed by atoms with Crippen LogP contribution in [0.5, 0.6) is 0 Å². The Morgan fingerprint density at radius 2 is 1.78 bits per heavy atom. The lowest BCUT2D eigenvalue weighted by atomic mass is 9.96. The van der Waals surface area contributed by atoms with Gasteiger partial charge in [0.1, 0.15) is 0 Å². The summed E-state index contributed by atoms with van der Waals surface area (Å²) in [5.41, 5.74) is 6.41. The third-order valence-corrected chi connectivity index (χ3v) is 7.39. The molecule has 1 aliphatic heterocycles. The maximum atomic E-state index is 13.2. The van der Waals surface area contributed by atoms with Crippen molar-refractivity contribution in [3.63, 3.8) is 0 Å². The van der Waals surface area contributed by atoms with Crippen molar-refractivity contribution in [2.24, 2.45) is 11.7 Å². The molecule has 2 aromatic carbocycles. The smallest absolute Gasteiger partial charge is 0.262 e. The Bertz CT molecular complexity index is 1400. The summed E-state index contributed by atoms with van der Waals surface area (Å²) in [5, 5.41) is 1.27. The first-order valence-corrected chi connectivity index (χ1v) is 12.8. The van der Waals surface area contributed by atoms with Gasteiger partial charge in [0.2, 0.25) is 5.91 Å². The Balaban J connectivity index is 1.60. The quantitative estimate of drug-likeness (QED) is 0.208. The Morgan fingerprint density at radius 3 is 2.42 bits per heavy atom. The molecule has 0 spiro atoms. The van der Waals surface area contributed by atoms with Crippen LogP contribution in [0.2, 0.25) is 5.02 Å². The summed E-state index contributed by atoms with van der Waals surface area (Å²) in [6.45, 7) is 4.82. The van der Waals surface area contributed by atoms with E-state index in [0.29, 0.717) is 58.1 Å². The Morgan fingerprint density at radius 1 is 1.11 bits per heavy atom. The van der Waals surface area contributed by atoms with E-state index in [2.05, 4.69) is 11.6 Å². The number of piperidine rings is 1. The minimum absolute atomic E-state index is 0.0736. The van der Waals surface area contributed by atoms with Crippen molar-refractivity contribution in [2.45, 2.75) is 24.5 Å². The number of amides is 2.